The van der Waals surface area contributed by atoms with Gasteiger partial charge in [0.1, 0.15) is 16.9 Å². The first-order valence-corrected chi connectivity index (χ1v) is 6.78. The molecule has 0 atom stereocenters. The number of fused-ring (bicyclic) bond motifs is 1. The minimum Gasteiger partial charge on any atom is -0.477 e. The van der Waals surface area contributed by atoms with Crippen LogP contribution in [0.1, 0.15) is 16.1 Å². The third-order valence-corrected chi connectivity index (χ3v) is 3.87. The Balaban J connectivity index is 2.56. The highest BCUT2D eigenvalue weighted by atomic mass is 16.4. The maximum Gasteiger partial charge on any atom is 0.352 e. The lowest BCUT2D eigenvalue weighted by atomic mass is 10.1. The average molecular weight is 297 g/mol. The van der Waals surface area contributed by atoms with Gasteiger partial charge in [0.05, 0.1) is 0 Å². The number of hydrogen-bond donors (Lipinski definition) is 1. The van der Waals surface area contributed by atoms with Crippen LogP contribution in [0.2, 0.25) is 0 Å². The number of aryl methyl sites for hydroxylation is 3. The van der Waals surface area contributed by atoms with Gasteiger partial charge in [0, 0.05) is 25.0 Å². The fourth-order valence-corrected chi connectivity index (χ4v) is 2.87. The lowest BCUT2D eigenvalue weighted by Crippen LogP contribution is -2.22. The highest BCUT2D eigenvalue weighted by Gasteiger charge is 2.24. The van der Waals surface area contributed by atoms with Gasteiger partial charge >= 0.3 is 5.97 Å². The third-order valence-electron chi connectivity index (χ3n) is 3.87. The number of rotatable bonds is 2. The molecule has 1 aromatic carbocycles. The molecule has 0 saturated heterocycles. The molecule has 0 radical (unpaired) electrons. The molecule has 2 aromatic heterocycles. The van der Waals surface area contributed by atoms with Gasteiger partial charge in [-0.05, 0) is 12.5 Å². The fraction of sp³-hybridized carbons (Fsp3) is 0.188. The quantitative estimate of drug-likeness (QED) is 0.784. The van der Waals surface area contributed by atoms with E-state index in [4.69, 9.17) is 0 Å². The van der Waals surface area contributed by atoms with Crippen molar-refractivity contribution in [2.45, 2.75) is 6.92 Å². The molecule has 22 heavy (non-hydrogen) atoms. The molecule has 0 aliphatic carbocycles. The Bertz CT molecular complexity index is 952. The zero-order valence-corrected chi connectivity index (χ0v) is 12.5. The largest absolute Gasteiger partial charge is 0.477 e. The van der Waals surface area contributed by atoms with E-state index in [1.807, 2.05) is 30.3 Å². The number of hydrogen-bond acceptors (Lipinski definition) is 3. The number of nitrogens with zero attached hydrogens (tertiary/aromatic N) is 3. The number of aromatic carboxylic acids is 1. The standard InChI is InChI=1S/C16H15N3O3/c1-9-11-12(10-7-5-4-6-8-10)17-19(3)15(20)14(11)18(2)13(9)16(21)22/h4-8H,1-3H3,(H,21,22). The first-order chi connectivity index (χ1) is 10.4. The summed E-state index contributed by atoms with van der Waals surface area (Å²) in [6.45, 7) is 1.71. The van der Waals surface area contributed by atoms with Crippen LogP contribution in [-0.2, 0) is 14.1 Å². The van der Waals surface area contributed by atoms with Gasteiger partial charge in [-0.1, -0.05) is 30.3 Å². The highest BCUT2D eigenvalue weighted by Crippen LogP contribution is 2.30. The highest BCUT2D eigenvalue weighted by molar-refractivity contribution is 6.03. The molecule has 0 bridgehead atoms. The van der Waals surface area contributed by atoms with Gasteiger partial charge in [-0.15, -0.1) is 0 Å². The van der Waals surface area contributed by atoms with E-state index in [0.717, 1.165) is 5.56 Å². The van der Waals surface area contributed by atoms with Crippen molar-refractivity contribution in [2.75, 3.05) is 0 Å². The van der Waals surface area contributed by atoms with Crippen LogP contribution < -0.4 is 5.56 Å². The first-order valence-electron chi connectivity index (χ1n) is 6.78. The molecule has 112 valence electrons. The van der Waals surface area contributed by atoms with Crippen LogP contribution in [0.5, 0.6) is 0 Å². The van der Waals surface area contributed by atoms with Crippen molar-refractivity contribution < 1.29 is 9.90 Å². The predicted octanol–water partition coefficient (Wildman–Crippen LogP) is 1.95. The van der Waals surface area contributed by atoms with Gasteiger partial charge in [-0.2, -0.15) is 5.10 Å². The fourth-order valence-electron chi connectivity index (χ4n) is 2.87. The molecular weight excluding hydrogens is 282 g/mol. The van der Waals surface area contributed by atoms with Gasteiger partial charge < -0.3 is 9.67 Å². The lowest BCUT2D eigenvalue weighted by molar-refractivity contribution is 0.0686. The van der Waals surface area contributed by atoms with Crippen LogP contribution >= 0.6 is 0 Å². The summed E-state index contributed by atoms with van der Waals surface area (Å²) in [7, 11) is 3.16. The Labute approximate surface area is 126 Å². The minimum absolute atomic E-state index is 0.109. The summed E-state index contributed by atoms with van der Waals surface area (Å²) in [4.78, 5) is 23.9. The Morgan fingerprint density at radius 1 is 1.18 bits per heavy atom. The van der Waals surface area contributed by atoms with Crippen molar-refractivity contribution in [1.82, 2.24) is 14.3 Å². The second-order valence-corrected chi connectivity index (χ2v) is 5.20. The molecule has 0 aliphatic heterocycles. The summed E-state index contributed by atoms with van der Waals surface area (Å²) in [6, 6.07) is 9.43. The summed E-state index contributed by atoms with van der Waals surface area (Å²) in [6.07, 6.45) is 0. The van der Waals surface area contributed by atoms with E-state index in [9.17, 15) is 14.7 Å². The maximum atomic E-state index is 12.4. The molecular formula is C16H15N3O3. The molecule has 0 spiro atoms. The minimum atomic E-state index is -1.06. The van der Waals surface area contributed by atoms with Crippen molar-refractivity contribution in [3.05, 3.63) is 51.9 Å². The van der Waals surface area contributed by atoms with Crippen molar-refractivity contribution >= 4 is 16.9 Å². The molecule has 2 heterocycles. The Morgan fingerprint density at radius 2 is 1.82 bits per heavy atom. The molecule has 3 rings (SSSR count). The Morgan fingerprint density at radius 3 is 2.41 bits per heavy atom. The van der Waals surface area contributed by atoms with Crippen LogP contribution in [0.4, 0.5) is 0 Å². The Hall–Kier alpha value is -2.89. The third kappa shape index (κ3) is 1.84. The smallest absolute Gasteiger partial charge is 0.352 e. The molecule has 0 fully saturated rings. The van der Waals surface area contributed by atoms with Crippen LogP contribution in [0.25, 0.3) is 22.2 Å². The predicted molar refractivity (Wildman–Crippen MR) is 83.1 cm³/mol. The topological polar surface area (TPSA) is 77.1 Å². The van der Waals surface area contributed by atoms with E-state index in [0.29, 0.717) is 22.2 Å². The summed E-state index contributed by atoms with van der Waals surface area (Å²) in [5.41, 5.74) is 2.15. The molecule has 6 heteroatoms. The molecule has 6 nitrogen and oxygen atoms in total. The molecule has 3 aromatic rings. The van der Waals surface area contributed by atoms with E-state index >= 15 is 0 Å². The zero-order valence-electron chi connectivity index (χ0n) is 12.5. The molecule has 1 N–H and O–H groups in total. The van der Waals surface area contributed by atoms with E-state index in [2.05, 4.69) is 5.10 Å². The van der Waals surface area contributed by atoms with Gasteiger partial charge in [-0.3, -0.25) is 4.79 Å². The zero-order chi connectivity index (χ0) is 16.0. The SMILES string of the molecule is Cc1c(C(=O)O)n(C)c2c(=O)n(C)nc(-c3ccccc3)c12. The number of benzene rings is 1. The second-order valence-electron chi connectivity index (χ2n) is 5.20. The van der Waals surface area contributed by atoms with Crippen LogP contribution in [-0.4, -0.2) is 25.4 Å². The molecule has 0 unspecified atom stereocenters. The maximum absolute atomic E-state index is 12.4. The summed E-state index contributed by atoms with van der Waals surface area (Å²) in [5.74, 6) is -1.06. The van der Waals surface area contributed by atoms with Crippen molar-refractivity contribution in [3.8, 4) is 11.3 Å². The average Bonchev–Trinajstić information content (AvgIpc) is 2.75. The van der Waals surface area contributed by atoms with Crippen LogP contribution in [0.15, 0.2) is 35.1 Å². The number of carbonyl (C=O) groups is 1. The van der Waals surface area contributed by atoms with Crippen molar-refractivity contribution in [3.63, 3.8) is 0 Å². The Kier molecular flexibility index (Phi) is 3.09. The van der Waals surface area contributed by atoms with Gasteiger partial charge in [0.2, 0.25) is 0 Å². The first kappa shape index (κ1) is 14.1. The summed E-state index contributed by atoms with van der Waals surface area (Å²) >= 11 is 0. The molecule has 0 amide bonds. The molecule has 0 saturated carbocycles. The second kappa shape index (κ2) is 4.84. The van der Waals surface area contributed by atoms with Gasteiger partial charge in [0.25, 0.3) is 5.56 Å². The van der Waals surface area contributed by atoms with E-state index < -0.39 is 5.97 Å². The normalized spacial score (nSPS) is 11.0. The summed E-state index contributed by atoms with van der Waals surface area (Å²) < 4.78 is 2.68. The van der Waals surface area contributed by atoms with Gasteiger partial charge in [0.15, 0.2) is 0 Å². The summed E-state index contributed by atoms with van der Waals surface area (Å²) in [5, 5.41) is 14.4. The van der Waals surface area contributed by atoms with E-state index in [-0.39, 0.29) is 11.3 Å². The van der Waals surface area contributed by atoms with Crippen LogP contribution in [0.3, 0.4) is 0 Å². The van der Waals surface area contributed by atoms with Crippen LogP contribution in [0, 0.1) is 6.92 Å². The van der Waals surface area contributed by atoms with E-state index in [1.165, 1.54) is 9.25 Å². The number of carboxylic acids is 1. The number of carboxylic acid groups (broad SMARTS) is 1. The monoisotopic (exact) mass is 297 g/mol. The van der Waals surface area contributed by atoms with Crippen molar-refractivity contribution in [1.29, 1.82) is 0 Å². The van der Waals surface area contributed by atoms with E-state index in [1.54, 1.807) is 21.0 Å². The van der Waals surface area contributed by atoms with Crippen molar-refractivity contribution in [2.24, 2.45) is 14.1 Å². The lowest BCUT2D eigenvalue weighted by Gasteiger charge is -2.07. The number of aromatic nitrogens is 3. The van der Waals surface area contributed by atoms with Gasteiger partial charge in [-0.25, -0.2) is 9.48 Å². The molecule has 0 aliphatic rings.